The van der Waals surface area contributed by atoms with E-state index < -0.39 is 0 Å². The number of hydrogen-bond donors (Lipinski definition) is 2. The number of nitrogens with zero attached hydrogens (tertiary/aromatic N) is 2. The van der Waals surface area contributed by atoms with Crippen LogP contribution in [0.2, 0.25) is 0 Å². The van der Waals surface area contributed by atoms with Crippen LogP contribution in [0.25, 0.3) is 22.1 Å². The van der Waals surface area contributed by atoms with Crippen LogP contribution in [0.1, 0.15) is 12.2 Å². The van der Waals surface area contributed by atoms with Gasteiger partial charge in [0.15, 0.2) is 0 Å². The van der Waals surface area contributed by atoms with Crippen LogP contribution in [0.4, 0.5) is 0 Å². The largest absolute Gasteiger partial charge is 0.496 e. The molecule has 1 aromatic carbocycles. The molecule has 1 atom stereocenters. The second kappa shape index (κ2) is 5.64. The molecule has 8 heteroatoms. The van der Waals surface area contributed by atoms with Gasteiger partial charge in [-0.1, -0.05) is 11.5 Å². The second-order valence-electron chi connectivity index (χ2n) is 6.03. The van der Waals surface area contributed by atoms with Gasteiger partial charge in [0, 0.05) is 13.1 Å². The van der Waals surface area contributed by atoms with Crippen LogP contribution in [-0.2, 0) is 6.54 Å². The summed E-state index contributed by atoms with van der Waals surface area (Å²) < 4.78 is 11.0. The van der Waals surface area contributed by atoms with Crippen LogP contribution in [0, 0.1) is 0 Å². The van der Waals surface area contributed by atoms with Crippen molar-refractivity contribution in [2.24, 2.45) is 0 Å². The van der Waals surface area contributed by atoms with E-state index in [0.29, 0.717) is 46.6 Å². The van der Waals surface area contributed by atoms with Crippen molar-refractivity contribution in [2.45, 2.75) is 19.1 Å². The average Bonchev–Trinajstić information content (AvgIpc) is 3.13. The Balaban J connectivity index is 1.88. The molecule has 2 aromatic heterocycles. The normalized spacial score (nSPS) is 18.7. The lowest BCUT2D eigenvalue weighted by atomic mass is 9.94. The van der Waals surface area contributed by atoms with E-state index in [0.717, 1.165) is 13.0 Å². The van der Waals surface area contributed by atoms with Gasteiger partial charge >= 0.3 is 0 Å². The van der Waals surface area contributed by atoms with Gasteiger partial charge in [-0.05, 0) is 12.5 Å². The molecule has 2 radical (unpaired) electrons. The minimum absolute atomic E-state index is 0.131. The Morgan fingerprint density at radius 3 is 3.04 bits per heavy atom. The van der Waals surface area contributed by atoms with Crippen LogP contribution >= 0.6 is 0 Å². The van der Waals surface area contributed by atoms with Crippen LogP contribution in [0.5, 0.6) is 5.75 Å². The summed E-state index contributed by atoms with van der Waals surface area (Å²) in [7, 11) is 7.50. The molecule has 0 bridgehead atoms. The number of aliphatic hydroxyl groups excluding tert-OH is 1. The monoisotopic (exact) mass is 325 g/mol. The molecule has 24 heavy (non-hydrogen) atoms. The number of aromatic nitrogens is 2. The number of nitrogens with one attached hydrogen (secondary N) is 1. The summed E-state index contributed by atoms with van der Waals surface area (Å²) in [5, 5.41) is 10.2. The number of likely N-dealkylation sites (tertiary alicyclic amines) is 1. The molecule has 4 rings (SSSR count). The number of benzene rings is 1. The highest BCUT2D eigenvalue weighted by Gasteiger charge is 2.22. The zero-order valence-corrected chi connectivity index (χ0v) is 13.2. The maximum absolute atomic E-state index is 12.4. The highest BCUT2D eigenvalue weighted by atomic mass is 16.5. The summed E-state index contributed by atoms with van der Waals surface area (Å²) in [6.07, 6.45) is 0.404. The first-order valence-electron chi connectivity index (χ1n) is 7.75. The molecule has 0 spiro atoms. The molecule has 1 aliphatic heterocycles. The number of H-pyrrole nitrogens is 1. The summed E-state index contributed by atoms with van der Waals surface area (Å²) in [4.78, 5) is 21.7. The zero-order chi connectivity index (χ0) is 16.8. The molecule has 2 N–H and O–H groups in total. The van der Waals surface area contributed by atoms with Gasteiger partial charge in [0.1, 0.15) is 30.5 Å². The molecule has 0 unspecified atom stereocenters. The lowest BCUT2D eigenvalue weighted by Crippen LogP contribution is -2.24. The van der Waals surface area contributed by atoms with Crippen LogP contribution in [0.3, 0.4) is 0 Å². The number of methoxy groups -OCH3 is 1. The van der Waals surface area contributed by atoms with Crippen molar-refractivity contribution in [3.05, 3.63) is 28.3 Å². The number of β-amino-alcohol motifs (C(OH)–C–C–N with tert-alkyl or cyclic N) is 1. The number of aromatic amines is 1. The SMILES string of the molecule is [B]c1ccc(OC)c2c1oc1c(=O)[nH]c(CN3CC[C@H](O)C3)nc12. The quantitative estimate of drug-likeness (QED) is 0.661. The lowest BCUT2D eigenvalue weighted by Gasteiger charge is -2.13. The van der Waals surface area contributed by atoms with Crippen molar-refractivity contribution in [2.75, 3.05) is 20.2 Å². The third-order valence-electron chi connectivity index (χ3n) is 4.36. The van der Waals surface area contributed by atoms with Gasteiger partial charge in [0.05, 0.1) is 25.1 Å². The molecule has 1 aliphatic rings. The van der Waals surface area contributed by atoms with Crippen molar-refractivity contribution < 1.29 is 14.3 Å². The predicted octanol–water partition coefficient (Wildman–Crippen LogP) is 0.0383. The highest BCUT2D eigenvalue weighted by molar-refractivity contribution is 6.39. The van der Waals surface area contributed by atoms with Gasteiger partial charge in [-0.25, -0.2) is 4.98 Å². The third kappa shape index (κ3) is 2.38. The van der Waals surface area contributed by atoms with E-state index in [-0.39, 0.29) is 17.2 Å². The number of fused-ring (bicyclic) bond motifs is 3. The summed E-state index contributed by atoms with van der Waals surface area (Å²) in [5.41, 5.74) is 1.04. The maximum atomic E-state index is 12.4. The summed E-state index contributed by atoms with van der Waals surface area (Å²) in [6, 6.07) is 3.40. The lowest BCUT2D eigenvalue weighted by molar-refractivity contribution is 0.174. The van der Waals surface area contributed by atoms with Crippen molar-refractivity contribution in [1.82, 2.24) is 14.9 Å². The van der Waals surface area contributed by atoms with Crippen molar-refractivity contribution in [3.8, 4) is 5.75 Å². The van der Waals surface area contributed by atoms with Crippen LogP contribution in [0.15, 0.2) is 21.3 Å². The van der Waals surface area contributed by atoms with Gasteiger partial charge in [-0.3, -0.25) is 9.69 Å². The smallest absolute Gasteiger partial charge is 0.294 e. The molecule has 7 nitrogen and oxygen atoms in total. The number of hydrogen-bond acceptors (Lipinski definition) is 6. The van der Waals surface area contributed by atoms with Crippen LogP contribution in [-0.4, -0.2) is 54.1 Å². The zero-order valence-electron chi connectivity index (χ0n) is 13.2. The summed E-state index contributed by atoms with van der Waals surface area (Å²) in [5.74, 6) is 1.08. The molecule has 0 amide bonds. The molecule has 3 heterocycles. The highest BCUT2D eigenvalue weighted by Crippen LogP contribution is 2.31. The van der Waals surface area contributed by atoms with Gasteiger partial charge < -0.3 is 19.2 Å². The average molecular weight is 325 g/mol. The van der Waals surface area contributed by atoms with E-state index in [1.54, 1.807) is 19.2 Å². The Labute approximate surface area is 138 Å². The fourth-order valence-corrected chi connectivity index (χ4v) is 3.20. The van der Waals surface area contributed by atoms with Gasteiger partial charge in [-0.2, -0.15) is 0 Å². The van der Waals surface area contributed by atoms with E-state index in [9.17, 15) is 9.90 Å². The summed E-state index contributed by atoms with van der Waals surface area (Å²) in [6.45, 7) is 1.80. The van der Waals surface area contributed by atoms with Crippen molar-refractivity contribution >= 4 is 35.4 Å². The summed E-state index contributed by atoms with van der Waals surface area (Å²) >= 11 is 0. The Bertz CT molecular complexity index is 981. The minimum Gasteiger partial charge on any atom is -0.496 e. The number of rotatable bonds is 3. The fourth-order valence-electron chi connectivity index (χ4n) is 3.20. The number of furan rings is 1. The molecular formula is C16H16BN3O4. The van der Waals surface area contributed by atoms with Gasteiger partial charge in [0.2, 0.25) is 5.58 Å². The molecule has 3 aromatic rings. The third-order valence-corrected chi connectivity index (χ3v) is 4.36. The van der Waals surface area contributed by atoms with E-state index >= 15 is 0 Å². The maximum Gasteiger partial charge on any atom is 0.294 e. The fraction of sp³-hybridized carbons (Fsp3) is 0.375. The molecule has 1 saturated heterocycles. The number of aliphatic hydroxyl groups is 1. The molecule has 122 valence electrons. The van der Waals surface area contributed by atoms with E-state index in [2.05, 4.69) is 9.97 Å². The predicted molar refractivity (Wildman–Crippen MR) is 90.0 cm³/mol. The Morgan fingerprint density at radius 1 is 1.50 bits per heavy atom. The van der Waals surface area contributed by atoms with Crippen molar-refractivity contribution in [1.29, 1.82) is 0 Å². The minimum atomic E-state index is -0.354. The molecular weight excluding hydrogens is 309 g/mol. The molecule has 0 saturated carbocycles. The van der Waals surface area contributed by atoms with Crippen LogP contribution < -0.4 is 15.8 Å². The number of ether oxygens (including phenoxy) is 1. The van der Waals surface area contributed by atoms with Gasteiger partial charge in [0.25, 0.3) is 5.56 Å². The first-order valence-corrected chi connectivity index (χ1v) is 7.75. The Morgan fingerprint density at radius 2 is 2.33 bits per heavy atom. The standard InChI is InChI=1S/C16H16BN3O4/c1-23-10-3-2-9(17)14-12(10)13-15(24-14)16(22)19-11(18-13)7-20-5-4-8(21)6-20/h2-3,8,21H,4-7H2,1H3,(H,18,19,22)/t8-/m0/s1. The van der Waals surface area contributed by atoms with Gasteiger partial charge in [-0.15, -0.1) is 0 Å². The van der Waals surface area contributed by atoms with E-state index in [1.165, 1.54) is 0 Å². The van der Waals surface area contributed by atoms with E-state index in [1.807, 2.05) is 4.90 Å². The van der Waals surface area contributed by atoms with Crippen molar-refractivity contribution in [3.63, 3.8) is 0 Å². The topological polar surface area (TPSA) is 91.6 Å². The Hall–Kier alpha value is -2.32. The molecule has 0 aliphatic carbocycles. The Kier molecular flexibility index (Phi) is 3.58. The molecule has 1 fully saturated rings. The first-order chi connectivity index (χ1) is 11.6. The second-order valence-corrected chi connectivity index (χ2v) is 6.03. The first kappa shape index (κ1) is 15.2. The van der Waals surface area contributed by atoms with E-state index in [4.69, 9.17) is 17.0 Å².